The maximum absolute atomic E-state index is 10.0. The minimum atomic E-state index is 0.600. The molecule has 0 amide bonds. The predicted octanol–water partition coefficient (Wildman–Crippen LogP) is 2.06. The van der Waals surface area contributed by atoms with Crippen molar-refractivity contribution < 1.29 is 9.53 Å². The van der Waals surface area contributed by atoms with Gasteiger partial charge in [-0.25, -0.2) is 4.79 Å². The zero-order valence-electron chi connectivity index (χ0n) is 7.47. The van der Waals surface area contributed by atoms with E-state index in [2.05, 4.69) is 0 Å². The van der Waals surface area contributed by atoms with Crippen molar-refractivity contribution in [3.05, 3.63) is 28.8 Å². The molecule has 0 atom stereocenters. The van der Waals surface area contributed by atoms with Crippen LogP contribution in [0.2, 0.25) is 0 Å². The molecule has 0 aromatic heterocycles. The molecule has 0 bridgehead atoms. The molecule has 0 aliphatic heterocycles. The molecule has 0 aliphatic rings. The average Bonchev–Trinajstić information content (AvgIpc) is 2.00. The van der Waals surface area contributed by atoms with Crippen LogP contribution in [0, 0.1) is 20.8 Å². The Hall–Kier alpha value is -1.31. The SMILES string of the molecule is Cc1cc(C)c(C)c(O[C]=O)c1. The molecule has 0 aliphatic carbocycles. The van der Waals surface area contributed by atoms with Crippen molar-refractivity contribution in [2.24, 2.45) is 0 Å². The smallest absolute Gasteiger partial charge is 0.418 e. The van der Waals surface area contributed by atoms with Gasteiger partial charge in [-0.2, -0.15) is 0 Å². The van der Waals surface area contributed by atoms with Gasteiger partial charge in [-0.15, -0.1) is 0 Å². The van der Waals surface area contributed by atoms with E-state index in [1.54, 1.807) is 0 Å². The van der Waals surface area contributed by atoms with Crippen molar-refractivity contribution in [2.45, 2.75) is 20.8 Å². The Morgan fingerprint density at radius 2 is 1.92 bits per heavy atom. The van der Waals surface area contributed by atoms with Gasteiger partial charge in [0.25, 0.3) is 0 Å². The maximum atomic E-state index is 10.0. The number of rotatable bonds is 2. The van der Waals surface area contributed by atoms with E-state index in [1.165, 1.54) is 6.47 Å². The molecule has 0 saturated heterocycles. The molecule has 0 spiro atoms. The molecule has 0 N–H and O–H groups in total. The largest absolute Gasteiger partial charge is 0.423 e. The summed E-state index contributed by atoms with van der Waals surface area (Å²) in [6, 6.07) is 3.88. The fourth-order valence-electron chi connectivity index (χ4n) is 1.15. The van der Waals surface area contributed by atoms with Crippen LogP contribution >= 0.6 is 0 Å². The fourth-order valence-corrected chi connectivity index (χ4v) is 1.15. The van der Waals surface area contributed by atoms with Gasteiger partial charge in [0.15, 0.2) is 0 Å². The van der Waals surface area contributed by atoms with Gasteiger partial charge < -0.3 is 4.74 Å². The average molecular weight is 163 g/mol. The van der Waals surface area contributed by atoms with Crippen molar-refractivity contribution in [2.75, 3.05) is 0 Å². The van der Waals surface area contributed by atoms with Crippen molar-refractivity contribution >= 4 is 6.47 Å². The first kappa shape index (κ1) is 8.78. The monoisotopic (exact) mass is 163 g/mol. The number of aryl methyl sites for hydroxylation is 2. The summed E-state index contributed by atoms with van der Waals surface area (Å²) in [5.74, 6) is 0.600. The number of benzene rings is 1. The topological polar surface area (TPSA) is 26.3 Å². The van der Waals surface area contributed by atoms with Crippen LogP contribution in [-0.2, 0) is 4.79 Å². The minimum absolute atomic E-state index is 0.600. The quantitative estimate of drug-likeness (QED) is 0.667. The molecule has 0 heterocycles. The van der Waals surface area contributed by atoms with Crippen LogP contribution < -0.4 is 4.74 Å². The van der Waals surface area contributed by atoms with E-state index in [0.29, 0.717) is 5.75 Å². The summed E-state index contributed by atoms with van der Waals surface area (Å²) in [6.07, 6.45) is 0. The van der Waals surface area contributed by atoms with Crippen LogP contribution in [0.25, 0.3) is 0 Å². The van der Waals surface area contributed by atoms with Gasteiger partial charge in [-0.3, -0.25) is 0 Å². The van der Waals surface area contributed by atoms with E-state index in [9.17, 15) is 4.79 Å². The van der Waals surface area contributed by atoms with Gasteiger partial charge in [0.2, 0.25) is 0 Å². The van der Waals surface area contributed by atoms with Crippen molar-refractivity contribution in [3.63, 3.8) is 0 Å². The highest BCUT2D eigenvalue weighted by Crippen LogP contribution is 2.22. The number of carbonyl (C=O) groups excluding carboxylic acids is 1. The second-order valence-corrected chi connectivity index (χ2v) is 2.89. The van der Waals surface area contributed by atoms with Crippen LogP contribution in [0.3, 0.4) is 0 Å². The van der Waals surface area contributed by atoms with Crippen LogP contribution in [0.5, 0.6) is 5.75 Å². The van der Waals surface area contributed by atoms with Gasteiger partial charge in [-0.05, 0) is 43.5 Å². The Balaban J connectivity index is 3.17. The first-order valence-electron chi connectivity index (χ1n) is 3.77. The second kappa shape index (κ2) is 3.39. The van der Waals surface area contributed by atoms with E-state index < -0.39 is 0 Å². The number of hydrogen-bond donors (Lipinski definition) is 0. The van der Waals surface area contributed by atoms with E-state index in [4.69, 9.17) is 4.74 Å². The van der Waals surface area contributed by atoms with Crippen molar-refractivity contribution in [1.29, 1.82) is 0 Å². The zero-order valence-corrected chi connectivity index (χ0v) is 7.47. The lowest BCUT2D eigenvalue weighted by Crippen LogP contribution is -1.94. The zero-order chi connectivity index (χ0) is 9.14. The summed E-state index contributed by atoms with van der Waals surface area (Å²) in [4.78, 5) is 10.0. The van der Waals surface area contributed by atoms with Gasteiger partial charge in [0, 0.05) is 0 Å². The minimum Gasteiger partial charge on any atom is -0.418 e. The van der Waals surface area contributed by atoms with Crippen LogP contribution in [0.4, 0.5) is 0 Å². The first-order chi connectivity index (χ1) is 5.65. The highest BCUT2D eigenvalue weighted by atomic mass is 16.5. The van der Waals surface area contributed by atoms with E-state index in [-0.39, 0.29) is 0 Å². The second-order valence-electron chi connectivity index (χ2n) is 2.89. The molecule has 1 rings (SSSR count). The molecule has 1 aromatic rings. The van der Waals surface area contributed by atoms with Crippen LogP contribution in [0.1, 0.15) is 16.7 Å². The molecule has 2 nitrogen and oxygen atoms in total. The molecule has 12 heavy (non-hydrogen) atoms. The Kier molecular flexibility index (Phi) is 2.48. The normalized spacial score (nSPS) is 9.58. The Labute approximate surface area is 72.2 Å². The Morgan fingerprint density at radius 3 is 2.50 bits per heavy atom. The van der Waals surface area contributed by atoms with Crippen molar-refractivity contribution in [1.82, 2.24) is 0 Å². The van der Waals surface area contributed by atoms with Crippen LogP contribution in [-0.4, -0.2) is 6.47 Å². The summed E-state index contributed by atoms with van der Waals surface area (Å²) in [5, 5.41) is 0. The molecule has 1 aromatic carbocycles. The summed E-state index contributed by atoms with van der Waals surface area (Å²) in [7, 11) is 0. The lowest BCUT2D eigenvalue weighted by atomic mass is 10.1. The first-order valence-corrected chi connectivity index (χ1v) is 3.77. The molecule has 63 valence electrons. The van der Waals surface area contributed by atoms with Gasteiger partial charge in [-0.1, -0.05) is 6.07 Å². The third kappa shape index (κ3) is 1.64. The fraction of sp³-hybridized carbons (Fsp3) is 0.300. The van der Waals surface area contributed by atoms with Gasteiger partial charge >= 0.3 is 6.47 Å². The third-order valence-electron chi connectivity index (χ3n) is 1.92. The van der Waals surface area contributed by atoms with Crippen LogP contribution in [0.15, 0.2) is 12.1 Å². The molecule has 0 saturated carbocycles. The predicted molar refractivity (Wildman–Crippen MR) is 47.0 cm³/mol. The summed E-state index contributed by atoms with van der Waals surface area (Å²) >= 11 is 0. The standard InChI is InChI=1S/C10H11O2/c1-7-4-8(2)9(3)10(5-7)12-6-11/h4-5H,1-3H3. The Bertz CT molecular complexity index is 303. The maximum Gasteiger partial charge on any atom is 0.423 e. The van der Waals surface area contributed by atoms with Crippen molar-refractivity contribution in [3.8, 4) is 5.75 Å². The van der Waals surface area contributed by atoms with E-state index in [1.807, 2.05) is 32.9 Å². The summed E-state index contributed by atoms with van der Waals surface area (Å²) in [6.45, 7) is 7.30. The highest BCUT2D eigenvalue weighted by Gasteiger charge is 2.03. The molecule has 1 radical (unpaired) electrons. The van der Waals surface area contributed by atoms with E-state index in [0.717, 1.165) is 16.7 Å². The molecule has 2 heteroatoms. The third-order valence-corrected chi connectivity index (χ3v) is 1.92. The summed E-state index contributed by atoms with van der Waals surface area (Å²) < 4.78 is 4.69. The Morgan fingerprint density at radius 1 is 1.25 bits per heavy atom. The molecular weight excluding hydrogens is 152 g/mol. The van der Waals surface area contributed by atoms with Gasteiger partial charge in [0.1, 0.15) is 5.75 Å². The molecular formula is C10H11O2. The highest BCUT2D eigenvalue weighted by molar-refractivity contribution is 5.51. The number of ether oxygens (including phenoxy) is 1. The number of hydrogen-bond acceptors (Lipinski definition) is 2. The van der Waals surface area contributed by atoms with E-state index >= 15 is 0 Å². The lowest BCUT2D eigenvalue weighted by molar-refractivity contribution is 0.440. The summed E-state index contributed by atoms with van der Waals surface area (Å²) in [5.41, 5.74) is 3.20. The van der Waals surface area contributed by atoms with Gasteiger partial charge in [0.05, 0.1) is 0 Å². The molecule has 0 unspecified atom stereocenters. The lowest BCUT2D eigenvalue weighted by Gasteiger charge is -2.06. The molecule has 0 fully saturated rings.